The van der Waals surface area contributed by atoms with E-state index in [0.29, 0.717) is 23.7 Å². The van der Waals surface area contributed by atoms with Crippen LogP contribution in [0.15, 0.2) is 65.4 Å². The highest BCUT2D eigenvalue weighted by atomic mass is 16.5. The van der Waals surface area contributed by atoms with Gasteiger partial charge in [0.15, 0.2) is 0 Å². The highest BCUT2D eigenvalue weighted by Gasteiger charge is 2.38. The van der Waals surface area contributed by atoms with E-state index in [0.717, 1.165) is 11.1 Å². The van der Waals surface area contributed by atoms with Crippen molar-refractivity contribution in [2.75, 3.05) is 18.6 Å². The van der Waals surface area contributed by atoms with Gasteiger partial charge in [-0.15, -0.1) is 0 Å². The summed E-state index contributed by atoms with van der Waals surface area (Å²) >= 11 is 0. The third-order valence-electron chi connectivity index (χ3n) is 4.60. The molecule has 144 valence electrons. The Hall–Kier alpha value is -3.34. The first kappa shape index (κ1) is 19.4. The number of carbonyl (C=O) groups excluding carboxylic acids is 2. The fourth-order valence-electron chi connectivity index (χ4n) is 3.23. The minimum absolute atomic E-state index is 0.263. The zero-order valence-electron chi connectivity index (χ0n) is 16.5. The summed E-state index contributed by atoms with van der Waals surface area (Å²) in [7, 11) is 1.31. The number of anilines is 1. The van der Waals surface area contributed by atoms with E-state index in [1.54, 1.807) is 17.9 Å². The molecule has 0 saturated heterocycles. The van der Waals surface area contributed by atoms with Gasteiger partial charge in [0.1, 0.15) is 5.75 Å². The predicted octanol–water partition coefficient (Wildman–Crippen LogP) is 4.27. The van der Waals surface area contributed by atoms with Gasteiger partial charge in [0.25, 0.3) is 5.91 Å². The Morgan fingerprint density at radius 1 is 1.07 bits per heavy atom. The molecule has 0 spiro atoms. The summed E-state index contributed by atoms with van der Waals surface area (Å²) in [4.78, 5) is 27.3. The van der Waals surface area contributed by atoms with E-state index in [-0.39, 0.29) is 17.1 Å². The Kier molecular flexibility index (Phi) is 5.64. The number of esters is 1. The van der Waals surface area contributed by atoms with Gasteiger partial charge in [-0.25, -0.2) is 4.79 Å². The summed E-state index contributed by atoms with van der Waals surface area (Å²) in [5, 5.41) is 0. The molecule has 0 aliphatic carbocycles. The van der Waals surface area contributed by atoms with Gasteiger partial charge in [-0.1, -0.05) is 35.9 Å². The van der Waals surface area contributed by atoms with E-state index in [1.807, 2.05) is 62.4 Å². The number of rotatable bonds is 5. The van der Waals surface area contributed by atoms with E-state index < -0.39 is 5.97 Å². The van der Waals surface area contributed by atoms with E-state index in [9.17, 15) is 9.59 Å². The Balaban J connectivity index is 2.14. The van der Waals surface area contributed by atoms with E-state index in [1.165, 1.54) is 7.11 Å². The molecule has 1 aliphatic heterocycles. The van der Waals surface area contributed by atoms with Crippen LogP contribution in [-0.4, -0.2) is 25.6 Å². The Bertz CT molecular complexity index is 970. The molecule has 2 aromatic carbocycles. The van der Waals surface area contributed by atoms with E-state index >= 15 is 0 Å². The van der Waals surface area contributed by atoms with Gasteiger partial charge in [0.05, 0.1) is 24.9 Å². The molecule has 0 bridgehead atoms. The van der Waals surface area contributed by atoms with Crippen LogP contribution in [0.4, 0.5) is 5.69 Å². The SMILES string of the molecule is CCOc1ccccc1/C=C1/C(=O)N(c2ccc(C)cc2)C(C)=C1C(=O)OC. The smallest absolute Gasteiger partial charge is 0.340 e. The number of para-hydroxylation sites is 1. The Morgan fingerprint density at radius 3 is 2.39 bits per heavy atom. The number of hydrogen-bond acceptors (Lipinski definition) is 4. The van der Waals surface area contributed by atoms with Crippen LogP contribution in [0.3, 0.4) is 0 Å². The number of benzene rings is 2. The number of amides is 1. The van der Waals surface area contributed by atoms with Crippen LogP contribution < -0.4 is 9.64 Å². The van der Waals surface area contributed by atoms with E-state index in [4.69, 9.17) is 9.47 Å². The van der Waals surface area contributed by atoms with Gasteiger partial charge in [0.2, 0.25) is 0 Å². The molecular weight excluding hydrogens is 354 g/mol. The lowest BCUT2D eigenvalue weighted by Crippen LogP contribution is -2.24. The van der Waals surface area contributed by atoms with E-state index in [2.05, 4.69) is 0 Å². The van der Waals surface area contributed by atoms with Gasteiger partial charge < -0.3 is 9.47 Å². The number of aryl methyl sites for hydroxylation is 1. The second kappa shape index (κ2) is 8.13. The molecule has 3 rings (SSSR count). The summed E-state index contributed by atoms with van der Waals surface area (Å²) in [6, 6.07) is 15.0. The quantitative estimate of drug-likeness (QED) is 0.577. The number of nitrogens with zero attached hydrogens (tertiary/aromatic N) is 1. The van der Waals surface area contributed by atoms with Crippen LogP contribution in [0, 0.1) is 6.92 Å². The molecule has 0 fully saturated rings. The van der Waals surface area contributed by atoms with Crippen LogP contribution in [0.2, 0.25) is 0 Å². The molecule has 5 nitrogen and oxygen atoms in total. The summed E-state index contributed by atoms with van der Waals surface area (Å²) in [6.07, 6.45) is 1.69. The maximum absolute atomic E-state index is 13.3. The average Bonchev–Trinajstić information content (AvgIpc) is 2.94. The van der Waals surface area contributed by atoms with Crippen LogP contribution in [0.25, 0.3) is 6.08 Å². The minimum atomic E-state index is -0.541. The zero-order chi connectivity index (χ0) is 20.3. The Morgan fingerprint density at radius 2 is 1.75 bits per heavy atom. The summed E-state index contributed by atoms with van der Waals surface area (Å²) in [5.41, 5.74) is 3.62. The van der Waals surface area contributed by atoms with Crippen LogP contribution >= 0.6 is 0 Å². The first-order valence-corrected chi connectivity index (χ1v) is 9.12. The van der Waals surface area contributed by atoms with Crippen molar-refractivity contribution < 1.29 is 19.1 Å². The maximum atomic E-state index is 13.3. The van der Waals surface area contributed by atoms with Gasteiger partial charge in [-0.05, 0) is 45.0 Å². The molecule has 0 saturated carbocycles. The van der Waals surface area contributed by atoms with Crippen LogP contribution in [0.5, 0.6) is 5.75 Å². The van der Waals surface area contributed by atoms with Crippen molar-refractivity contribution in [3.8, 4) is 5.75 Å². The van der Waals surface area contributed by atoms with Crippen molar-refractivity contribution in [3.05, 3.63) is 76.5 Å². The normalized spacial score (nSPS) is 15.4. The van der Waals surface area contributed by atoms with Crippen molar-refractivity contribution in [1.29, 1.82) is 0 Å². The van der Waals surface area contributed by atoms with Crippen molar-refractivity contribution in [1.82, 2.24) is 0 Å². The highest BCUT2D eigenvalue weighted by molar-refractivity contribution is 6.23. The van der Waals surface area contributed by atoms with Gasteiger partial charge in [-0.2, -0.15) is 0 Å². The second-order valence-corrected chi connectivity index (χ2v) is 6.46. The van der Waals surface area contributed by atoms with Crippen molar-refractivity contribution in [2.24, 2.45) is 0 Å². The molecule has 28 heavy (non-hydrogen) atoms. The molecule has 0 aromatic heterocycles. The van der Waals surface area contributed by atoms with Crippen molar-refractivity contribution in [3.63, 3.8) is 0 Å². The third kappa shape index (κ3) is 3.56. The topological polar surface area (TPSA) is 55.8 Å². The molecule has 2 aromatic rings. The second-order valence-electron chi connectivity index (χ2n) is 6.46. The molecular formula is C23H23NO4. The summed E-state index contributed by atoms with van der Waals surface area (Å²) < 4.78 is 10.6. The highest BCUT2D eigenvalue weighted by Crippen LogP contribution is 2.36. The first-order valence-electron chi connectivity index (χ1n) is 9.12. The molecule has 1 heterocycles. The maximum Gasteiger partial charge on any atom is 0.340 e. The van der Waals surface area contributed by atoms with Crippen LogP contribution in [0.1, 0.15) is 25.0 Å². The van der Waals surface area contributed by atoms with Crippen molar-refractivity contribution in [2.45, 2.75) is 20.8 Å². The number of allylic oxidation sites excluding steroid dienone is 1. The van der Waals surface area contributed by atoms with Gasteiger partial charge in [-0.3, -0.25) is 9.69 Å². The largest absolute Gasteiger partial charge is 0.493 e. The fourth-order valence-corrected chi connectivity index (χ4v) is 3.23. The lowest BCUT2D eigenvalue weighted by Gasteiger charge is -2.18. The third-order valence-corrected chi connectivity index (χ3v) is 4.60. The number of ether oxygens (including phenoxy) is 2. The van der Waals surface area contributed by atoms with Gasteiger partial charge >= 0.3 is 5.97 Å². The molecule has 1 aliphatic rings. The molecule has 1 amide bonds. The lowest BCUT2D eigenvalue weighted by atomic mass is 10.0. The summed E-state index contributed by atoms with van der Waals surface area (Å²) in [6.45, 7) is 6.13. The number of hydrogen-bond donors (Lipinski definition) is 0. The molecule has 0 unspecified atom stereocenters. The average molecular weight is 377 g/mol. The monoisotopic (exact) mass is 377 g/mol. The fraction of sp³-hybridized carbons (Fsp3) is 0.217. The standard InChI is InChI=1S/C23H23NO4/c1-5-28-20-9-7-6-8-17(20)14-19-21(23(26)27-4)16(3)24(22(19)25)18-12-10-15(2)11-13-18/h6-14H,5H2,1-4H3/b19-14+. The molecule has 0 atom stereocenters. The molecule has 0 radical (unpaired) electrons. The van der Waals surface area contributed by atoms with Crippen LogP contribution in [-0.2, 0) is 14.3 Å². The first-order chi connectivity index (χ1) is 13.5. The lowest BCUT2D eigenvalue weighted by molar-refractivity contribution is -0.136. The molecule has 0 N–H and O–H groups in total. The molecule has 5 heteroatoms. The van der Waals surface area contributed by atoms with Gasteiger partial charge in [0, 0.05) is 16.9 Å². The minimum Gasteiger partial charge on any atom is -0.493 e. The Labute approximate surface area is 164 Å². The zero-order valence-corrected chi connectivity index (χ0v) is 16.5. The summed E-state index contributed by atoms with van der Waals surface area (Å²) in [5.74, 6) is -0.158. The predicted molar refractivity (Wildman–Crippen MR) is 109 cm³/mol. The number of methoxy groups -OCH3 is 1. The number of carbonyl (C=O) groups is 2. The van der Waals surface area contributed by atoms with Crippen molar-refractivity contribution >= 4 is 23.6 Å².